The zero-order chi connectivity index (χ0) is 14.8. The van der Waals surface area contributed by atoms with E-state index in [1.807, 2.05) is 66.7 Å². The Morgan fingerprint density at radius 3 is 2.36 bits per heavy atom. The predicted octanol–water partition coefficient (Wildman–Crippen LogP) is 4.42. The van der Waals surface area contributed by atoms with Crippen molar-refractivity contribution in [2.75, 3.05) is 0 Å². The summed E-state index contributed by atoms with van der Waals surface area (Å²) in [6.45, 7) is 0. The summed E-state index contributed by atoms with van der Waals surface area (Å²) in [6, 6.07) is 21.5. The van der Waals surface area contributed by atoms with E-state index in [4.69, 9.17) is 4.74 Å². The summed E-state index contributed by atoms with van der Waals surface area (Å²) in [7, 11) is 0. The molecule has 0 bridgehead atoms. The van der Waals surface area contributed by atoms with Gasteiger partial charge in [-0.3, -0.25) is 5.10 Å². The van der Waals surface area contributed by atoms with E-state index >= 15 is 0 Å². The number of nitrogens with one attached hydrogen (secondary N) is 1. The molecule has 0 saturated carbocycles. The largest absolute Gasteiger partial charge is 0.439 e. The lowest BCUT2D eigenvalue weighted by atomic mass is 10.1. The van der Waals surface area contributed by atoms with Crippen LogP contribution in [0.5, 0.6) is 11.6 Å². The van der Waals surface area contributed by atoms with Crippen molar-refractivity contribution in [3.63, 3.8) is 0 Å². The van der Waals surface area contributed by atoms with Gasteiger partial charge in [0.05, 0.1) is 5.52 Å². The summed E-state index contributed by atoms with van der Waals surface area (Å²) in [5.74, 6) is 1.30. The summed E-state index contributed by atoms with van der Waals surface area (Å²) < 4.78 is 5.74. The highest BCUT2D eigenvalue weighted by Gasteiger charge is 2.09. The highest BCUT2D eigenvalue weighted by Crippen LogP contribution is 2.28. The summed E-state index contributed by atoms with van der Waals surface area (Å²) in [6.07, 6.45) is 1.79. The fourth-order valence-corrected chi connectivity index (χ4v) is 2.37. The number of ether oxygens (including phenoxy) is 1. The number of hydrogen-bond acceptors (Lipinski definition) is 3. The number of rotatable bonds is 3. The minimum Gasteiger partial charge on any atom is -0.439 e. The molecule has 0 aliphatic heterocycles. The Labute approximate surface area is 127 Å². The monoisotopic (exact) mass is 287 g/mol. The van der Waals surface area contributed by atoms with Gasteiger partial charge in [0.1, 0.15) is 11.4 Å². The predicted molar refractivity (Wildman–Crippen MR) is 85.8 cm³/mol. The van der Waals surface area contributed by atoms with Gasteiger partial charge in [0.15, 0.2) is 0 Å². The maximum absolute atomic E-state index is 5.74. The Balaban J connectivity index is 1.71. The van der Waals surface area contributed by atoms with Crippen molar-refractivity contribution in [1.29, 1.82) is 0 Å². The lowest BCUT2D eigenvalue weighted by molar-refractivity contribution is 0.464. The summed E-state index contributed by atoms with van der Waals surface area (Å²) in [5, 5.41) is 8.41. The van der Waals surface area contributed by atoms with Crippen molar-refractivity contribution in [2.24, 2.45) is 0 Å². The second kappa shape index (κ2) is 5.33. The van der Waals surface area contributed by atoms with Gasteiger partial charge in [0.25, 0.3) is 0 Å². The summed E-state index contributed by atoms with van der Waals surface area (Å²) >= 11 is 0. The molecule has 22 heavy (non-hydrogen) atoms. The number of hydrogen-bond donors (Lipinski definition) is 1. The van der Waals surface area contributed by atoms with Crippen molar-refractivity contribution in [2.45, 2.75) is 0 Å². The molecule has 0 atom stereocenters. The Morgan fingerprint density at radius 2 is 1.59 bits per heavy atom. The highest BCUT2D eigenvalue weighted by molar-refractivity contribution is 5.92. The molecule has 0 unspecified atom stereocenters. The number of para-hydroxylation sites is 1. The molecule has 1 N–H and O–H groups in total. The Morgan fingerprint density at radius 1 is 0.864 bits per heavy atom. The van der Waals surface area contributed by atoms with E-state index in [1.54, 1.807) is 6.20 Å². The Bertz CT molecular complexity index is 901. The van der Waals surface area contributed by atoms with E-state index < -0.39 is 0 Å². The first-order chi connectivity index (χ1) is 10.9. The smallest absolute Gasteiger partial charge is 0.221 e. The first-order valence-electron chi connectivity index (χ1n) is 7.02. The third-order valence-corrected chi connectivity index (χ3v) is 3.44. The molecule has 4 nitrogen and oxygen atoms in total. The van der Waals surface area contributed by atoms with Crippen LogP contribution in [0.4, 0.5) is 0 Å². The van der Waals surface area contributed by atoms with Crippen LogP contribution in [0.1, 0.15) is 0 Å². The zero-order valence-electron chi connectivity index (χ0n) is 11.7. The molecule has 2 heterocycles. The lowest BCUT2D eigenvalue weighted by Gasteiger charge is -2.04. The molecule has 106 valence electrons. The average molecular weight is 287 g/mol. The molecule has 0 amide bonds. The number of nitrogens with zero attached hydrogens (tertiary/aromatic N) is 2. The molecule has 0 fully saturated rings. The van der Waals surface area contributed by atoms with Crippen LogP contribution < -0.4 is 4.74 Å². The van der Waals surface area contributed by atoms with Crippen LogP contribution in [0.25, 0.3) is 22.2 Å². The fraction of sp³-hybridized carbons (Fsp3) is 0. The van der Waals surface area contributed by atoms with Gasteiger partial charge >= 0.3 is 0 Å². The van der Waals surface area contributed by atoms with Crippen molar-refractivity contribution in [3.8, 4) is 22.9 Å². The van der Waals surface area contributed by atoms with E-state index in [2.05, 4.69) is 15.2 Å². The molecule has 0 saturated heterocycles. The molecule has 0 spiro atoms. The third kappa shape index (κ3) is 2.31. The Kier molecular flexibility index (Phi) is 3.05. The van der Waals surface area contributed by atoms with E-state index in [0.717, 1.165) is 27.9 Å². The summed E-state index contributed by atoms with van der Waals surface area (Å²) in [5.41, 5.74) is 2.86. The first kappa shape index (κ1) is 12.6. The third-order valence-electron chi connectivity index (χ3n) is 3.44. The van der Waals surface area contributed by atoms with Crippen molar-refractivity contribution >= 4 is 10.9 Å². The first-order valence-corrected chi connectivity index (χ1v) is 7.02. The minimum absolute atomic E-state index is 0.543. The van der Waals surface area contributed by atoms with Gasteiger partial charge in [0, 0.05) is 23.2 Å². The molecular weight excluding hydrogens is 274 g/mol. The van der Waals surface area contributed by atoms with Gasteiger partial charge in [-0.05, 0) is 12.1 Å². The topological polar surface area (TPSA) is 50.8 Å². The molecule has 2 aromatic carbocycles. The van der Waals surface area contributed by atoms with Crippen LogP contribution in [-0.2, 0) is 0 Å². The number of pyridine rings is 1. The molecule has 0 aliphatic carbocycles. The van der Waals surface area contributed by atoms with Gasteiger partial charge in [-0.25, -0.2) is 4.98 Å². The van der Waals surface area contributed by atoms with E-state index in [9.17, 15) is 0 Å². The van der Waals surface area contributed by atoms with Crippen molar-refractivity contribution in [1.82, 2.24) is 15.2 Å². The number of benzene rings is 2. The molecule has 4 aromatic rings. The SMILES string of the molecule is c1ccc(Oc2cc3[nH]nc(-c4ccccc4)c3cn2)cc1. The van der Waals surface area contributed by atoms with Crippen LogP contribution >= 0.6 is 0 Å². The van der Waals surface area contributed by atoms with Gasteiger partial charge < -0.3 is 4.74 Å². The fourth-order valence-electron chi connectivity index (χ4n) is 2.37. The normalized spacial score (nSPS) is 10.7. The van der Waals surface area contributed by atoms with Crippen LogP contribution in [0, 0.1) is 0 Å². The molecule has 4 heteroatoms. The van der Waals surface area contributed by atoms with Gasteiger partial charge in [-0.1, -0.05) is 48.5 Å². The molecule has 2 aromatic heterocycles. The number of aromatic nitrogens is 3. The van der Waals surface area contributed by atoms with Gasteiger partial charge in [-0.2, -0.15) is 5.10 Å². The maximum Gasteiger partial charge on any atom is 0.221 e. The summed E-state index contributed by atoms with van der Waals surface area (Å²) in [4.78, 5) is 4.38. The highest BCUT2D eigenvalue weighted by atomic mass is 16.5. The van der Waals surface area contributed by atoms with Gasteiger partial charge in [0.2, 0.25) is 5.88 Å². The minimum atomic E-state index is 0.543. The van der Waals surface area contributed by atoms with Crippen LogP contribution in [0.2, 0.25) is 0 Å². The molecule has 0 radical (unpaired) electrons. The second-order valence-electron chi connectivity index (χ2n) is 4.92. The van der Waals surface area contributed by atoms with E-state index in [0.29, 0.717) is 5.88 Å². The van der Waals surface area contributed by atoms with Gasteiger partial charge in [-0.15, -0.1) is 0 Å². The van der Waals surface area contributed by atoms with Crippen molar-refractivity contribution in [3.05, 3.63) is 72.9 Å². The molecular formula is C18H13N3O. The second-order valence-corrected chi connectivity index (χ2v) is 4.92. The Hall–Kier alpha value is -3.14. The van der Waals surface area contributed by atoms with Crippen LogP contribution in [0.3, 0.4) is 0 Å². The zero-order valence-corrected chi connectivity index (χ0v) is 11.7. The van der Waals surface area contributed by atoms with Crippen LogP contribution in [-0.4, -0.2) is 15.2 Å². The van der Waals surface area contributed by atoms with E-state index in [-0.39, 0.29) is 0 Å². The molecule has 0 aliphatic rings. The quantitative estimate of drug-likeness (QED) is 0.607. The number of aromatic amines is 1. The standard InChI is InChI=1S/C18H13N3O/c1-3-7-13(8-4-1)18-15-12-19-17(11-16(15)20-21-18)22-14-9-5-2-6-10-14/h1-12H,(H,20,21). The number of H-pyrrole nitrogens is 1. The van der Waals surface area contributed by atoms with Crippen LogP contribution in [0.15, 0.2) is 72.9 Å². The maximum atomic E-state index is 5.74. The molecule has 4 rings (SSSR count). The van der Waals surface area contributed by atoms with E-state index in [1.165, 1.54) is 0 Å². The lowest BCUT2D eigenvalue weighted by Crippen LogP contribution is -1.87. The average Bonchev–Trinajstić information content (AvgIpc) is 3.00. The number of fused-ring (bicyclic) bond motifs is 1. The van der Waals surface area contributed by atoms with Crippen molar-refractivity contribution < 1.29 is 4.74 Å².